The highest BCUT2D eigenvalue weighted by molar-refractivity contribution is 6.14. The first-order valence-corrected chi connectivity index (χ1v) is 8.00. The Morgan fingerprint density at radius 2 is 1.64 bits per heavy atom. The zero-order chi connectivity index (χ0) is 18.2. The number of hydrogen-bond acceptors (Lipinski definition) is 3. The van der Waals surface area contributed by atoms with Gasteiger partial charge in [0.1, 0.15) is 11.3 Å². The van der Waals surface area contributed by atoms with Gasteiger partial charge in [0, 0.05) is 10.9 Å². The quantitative estimate of drug-likeness (QED) is 0.755. The van der Waals surface area contributed by atoms with Crippen LogP contribution in [0.4, 0.5) is 5.69 Å². The predicted octanol–water partition coefficient (Wildman–Crippen LogP) is 4.08. The Labute approximate surface area is 145 Å². The van der Waals surface area contributed by atoms with Crippen LogP contribution in [-0.4, -0.2) is 11.8 Å². The van der Waals surface area contributed by atoms with Gasteiger partial charge in [-0.3, -0.25) is 9.59 Å². The van der Waals surface area contributed by atoms with Crippen LogP contribution in [0.5, 0.6) is 0 Å². The van der Waals surface area contributed by atoms with Gasteiger partial charge in [-0.05, 0) is 35.2 Å². The number of furan rings is 1. The molecule has 3 aromatic rings. The molecule has 0 aliphatic heterocycles. The molecule has 0 radical (unpaired) electrons. The number of anilines is 1. The van der Waals surface area contributed by atoms with Crippen molar-refractivity contribution < 1.29 is 14.0 Å². The number of benzene rings is 2. The first-order valence-electron chi connectivity index (χ1n) is 8.00. The standard InChI is InChI=1S/C20H20N2O3/c1-20(2,3)13-10-8-12(9-11-13)19(24)22-16-14-6-4-5-7-15(14)25-17(16)18(21)23/h4-11H,1-3H3,(H2,21,23)(H,22,24). The average molecular weight is 336 g/mol. The first kappa shape index (κ1) is 16.8. The van der Waals surface area contributed by atoms with Crippen LogP contribution < -0.4 is 11.1 Å². The third-order valence-corrected chi connectivity index (χ3v) is 4.07. The van der Waals surface area contributed by atoms with Crippen LogP contribution >= 0.6 is 0 Å². The fraction of sp³-hybridized carbons (Fsp3) is 0.200. The Morgan fingerprint density at radius 1 is 1.00 bits per heavy atom. The molecular weight excluding hydrogens is 316 g/mol. The lowest BCUT2D eigenvalue weighted by Gasteiger charge is -2.19. The summed E-state index contributed by atoms with van der Waals surface area (Å²) in [5, 5.41) is 3.39. The minimum absolute atomic E-state index is 0.00883. The van der Waals surface area contributed by atoms with E-state index in [1.54, 1.807) is 36.4 Å². The molecule has 0 saturated heterocycles. The van der Waals surface area contributed by atoms with Gasteiger partial charge in [-0.15, -0.1) is 0 Å². The summed E-state index contributed by atoms with van der Waals surface area (Å²) in [5.74, 6) is -1.11. The molecule has 25 heavy (non-hydrogen) atoms. The van der Waals surface area contributed by atoms with Gasteiger partial charge in [0.2, 0.25) is 5.76 Å². The van der Waals surface area contributed by atoms with Crippen LogP contribution in [0.1, 0.15) is 47.2 Å². The van der Waals surface area contributed by atoms with E-state index in [9.17, 15) is 9.59 Å². The molecule has 2 aromatic carbocycles. The number of primary amides is 1. The Bertz CT molecular complexity index is 947. The second-order valence-corrected chi connectivity index (χ2v) is 6.95. The molecule has 5 nitrogen and oxygen atoms in total. The van der Waals surface area contributed by atoms with Gasteiger partial charge in [-0.2, -0.15) is 0 Å². The van der Waals surface area contributed by atoms with E-state index in [4.69, 9.17) is 10.2 Å². The van der Waals surface area contributed by atoms with Crippen LogP contribution in [0.15, 0.2) is 52.9 Å². The smallest absolute Gasteiger partial charge is 0.286 e. The second-order valence-electron chi connectivity index (χ2n) is 6.95. The molecular formula is C20H20N2O3. The van der Waals surface area contributed by atoms with Crippen molar-refractivity contribution in [1.29, 1.82) is 0 Å². The van der Waals surface area contributed by atoms with E-state index < -0.39 is 5.91 Å². The molecule has 0 bridgehead atoms. The zero-order valence-corrected chi connectivity index (χ0v) is 14.4. The summed E-state index contributed by atoms with van der Waals surface area (Å²) in [5.41, 5.74) is 7.81. The van der Waals surface area contributed by atoms with Crippen LogP contribution in [-0.2, 0) is 5.41 Å². The van der Waals surface area contributed by atoms with Crippen molar-refractivity contribution in [3.63, 3.8) is 0 Å². The fourth-order valence-electron chi connectivity index (χ4n) is 2.65. The summed E-state index contributed by atoms with van der Waals surface area (Å²) < 4.78 is 5.47. The van der Waals surface area contributed by atoms with E-state index in [2.05, 4.69) is 26.1 Å². The highest BCUT2D eigenvalue weighted by Gasteiger charge is 2.21. The number of nitrogens with two attached hydrogens (primary N) is 1. The predicted molar refractivity (Wildman–Crippen MR) is 97.8 cm³/mol. The molecule has 3 rings (SSSR count). The molecule has 2 amide bonds. The van der Waals surface area contributed by atoms with E-state index in [-0.39, 0.29) is 17.1 Å². The van der Waals surface area contributed by atoms with Crippen molar-refractivity contribution >= 4 is 28.5 Å². The van der Waals surface area contributed by atoms with Gasteiger partial charge in [0.25, 0.3) is 11.8 Å². The van der Waals surface area contributed by atoms with Crippen molar-refractivity contribution in [1.82, 2.24) is 0 Å². The molecule has 5 heteroatoms. The monoisotopic (exact) mass is 336 g/mol. The van der Waals surface area contributed by atoms with E-state index in [1.165, 1.54) is 0 Å². The average Bonchev–Trinajstić information content (AvgIpc) is 2.93. The molecule has 0 spiro atoms. The van der Waals surface area contributed by atoms with E-state index >= 15 is 0 Å². The molecule has 0 fully saturated rings. The van der Waals surface area contributed by atoms with Crippen molar-refractivity contribution in [2.45, 2.75) is 26.2 Å². The Morgan fingerprint density at radius 3 is 2.24 bits per heavy atom. The molecule has 128 valence electrons. The van der Waals surface area contributed by atoms with E-state index in [0.717, 1.165) is 5.56 Å². The Hall–Kier alpha value is -3.08. The number of nitrogens with one attached hydrogen (secondary N) is 1. The maximum absolute atomic E-state index is 12.6. The zero-order valence-electron chi connectivity index (χ0n) is 14.4. The van der Waals surface area contributed by atoms with Crippen molar-refractivity contribution in [2.24, 2.45) is 5.73 Å². The lowest BCUT2D eigenvalue weighted by Crippen LogP contribution is -2.17. The molecule has 0 unspecified atom stereocenters. The number of rotatable bonds is 3. The summed E-state index contributed by atoms with van der Waals surface area (Å²) in [6.07, 6.45) is 0. The third kappa shape index (κ3) is 3.26. The number of carbonyl (C=O) groups is 2. The summed E-state index contributed by atoms with van der Waals surface area (Å²) in [6, 6.07) is 14.5. The maximum Gasteiger partial charge on any atom is 0.286 e. The van der Waals surface area contributed by atoms with Crippen LogP contribution in [0.3, 0.4) is 0 Å². The molecule has 0 aliphatic carbocycles. The number of carbonyl (C=O) groups excluding carboxylic acids is 2. The first-order chi connectivity index (χ1) is 11.8. The second kappa shape index (κ2) is 6.09. The van der Waals surface area contributed by atoms with Crippen LogP contribution in [0, 0.1) is 0 Å². The van der Waals surface area contributed by atoms with Gasteiger partial charge in [-0.1, -0.05) is 45.0 Å². The van der Waals surface area contributed by atoms with Gasteiger partial charge in [0.05, 0.1) is 0 Å². The van der Waals surface area contributed by atoms with Crippen molar-refractivity contribution in [2.75, 3.05) is 5.32 Å². The Balaban J connectivity index is 1.94. The fourth-order valence-corrected chi connectivity index (χ4v) is 2.65. The van der Waals surface area contributed by atoms with Gasteiger partial charge in [-0.25, -0.2) is 0 Å². The van der Waals surface area contributed by atoms with Gasteiger partial charge in [0.15, 0.2) is 0 Å². The van der Waals surface area contributed by atoms with Crippen LogP contribution in [0.2, 0.25) is 0 Å². The number of amides is 2. The van der Waals surface area contributed by atoms with Crippen molar-refractivity contribution in [3.05, 3.63) is 65.4 Å². The summed E-state index contributed by atoms with van der Waals surface area (Å²) in [4.78, 5) is 24.2. The van der Waals surface area contributed by atoms with Crippen LogP contribution in [0.25, 0.3) is 11.0 Å². The highest BCUT2D eigenvalue weighted by atomic mass is 16.3. The largest absolute Gasteiger partial charge is 0.449 e. The molecule has 0 saturated carbocycles. The summed E-state index contributed by atoms with van der Waals surface area (Å²) >= 11 is 0. The molecule has 0 aliphatic rings. The van der Waals surface area contributed by atoms with E-state index in [1.807, 2.05) is 12.1 Å². The van der Waals surface area contributed by atoms with Gasteiger partial charge >= 0.3 is 0 Å². The lowest BCUT2D eigenvalue weighted by molar-refractivity contribution is 0.0977. The number of fused-ring (bicyclic) bond motifs is 1. The number of para-hydroxylation sites is 1. The third-order valence-electron chi connectivity index (χ3n) is 4.07. The van der Waals surface area contributed by atoms with E-state index in [0.29, 0.717) is 22.2 Å². The molecule has 0 atom stereocenters. The minimum Gasteiger partial charge on any atom is -0.449 e. The maximum atomic E-state index is 12.6. The lowest BCUT2D eigenvalue weighted by atomic mass is 9.87. The summed E-state index contributed by atoms with van der Waals surface area (Å²) in [7, 11) is 0. The SMILES string of the molecule is CC(C)(C)c1ccc(C(=O)Nc2c(C(N)=O)oc3ccccc23)cc1. The molecule has 3 N–H and O–H groups in total. The Kier molecular flexibility index (Phi) is 4.08. The molecule has 1 aromatic heterocycles. The number of hydrogen-bond donors (Lipinski definition) is 2. The topological polar surface area (TPSA) is 85.3 Å². The van der Waals surface area contributed by atoms with Crippen molar-refractivity contribution in [3.8, 4) is 0 Å². The normalized spacial score (nSPS) is 11.5. The van der Waals surface area contributed by atoms with Gasteiger partial charge < -0.3 is 15.5 Å². The highest BCUT2D eigenvalue weighted by Crippen LogP contribution is 2.31. The molecule has 1 heterocycles. The summed E-state index contributed by atoms with van der Waals surface area (Å²) in [6.45, 7) is 6.33. The minimum atomic E-state index is -0.727.